The Hall–Kier alpha value is -1.40. The SMILES string of the molecule is O=C(CN1CCOCC1)Nc1cn[nH]c1. The first-order valence-corrected chi connectivity index (χ1v) is 4.93. The summed E-state index contributed by atoms with van der Waals surface area (Å²) in [5.74, 6) is -0.0155. The van der Waals surface area contributed by atoms with Gasteiger partial charge in [-0.3, -0.25) is 14.8 Å². The molecule has 1 fully saturated rings. The Morgan fingerprint density at radius 1 is 1.60 bits per heavy atom. The predicted molar refractivity (Wildman–Crippen MR) is 54.5 cm³/mol. The summed E-state index contributed by atoms with van der Waals surface area (Å²) >= 11 is 0. The second kappa shape index (κ2) is 4.90. The summed E-state index contributed by atoms with van der Waals surface area (Å²) in [5.41, 5.74) is 0.702. The van der Waals surface area contributed by atoms with Crippen molar-refractivity contribution in [1.82, 2.24) is 15.1 Å². The highest BCUT2D eigenvalue weighted by Gasteiger charge is 2.14. The lowest BCUT2D eigenvalue weighted by Gasteiger charge is -2.25. The molecule has 6 heteroatoms. The van der Waals surface area contributed by atoms with Crippen LogP contribution in [0.15, 0.2) is 12.4 Å². The topological polar surface area (TPSA) is 70.2 Å². The predicted octanol–water partition coefficient (Wildman–Crippen LogP) is -0.320. The van der Waals surface area contributed by atoms with Crippen molar-refractivity contribution < 1.29 is 9.53 Å². The number of aromatic amines is 1. The smallest absolute Gasteiger partial charge is 0.238 e. The standard InChI is InChI=1S/C9H14N4O2/c14-9(12-8-5-10-11-6-8)7-13-1-3-15-4-2-13/h5-6H,1-4,7H2,(H,10,11)(H,12,14). The molecule has 1 aliphatic heterocycles. The molecule has 0 bridgehead atoms. The van der Waals surface area contributed by atoms with Gasteiger partial charge in [0, 0.05) is 19.3 Å². The highest BCUT2D eigenvalue weighted by molar-refractivity contribution is 5.91. The molecular formula is C9H14N4O2. The fourth-order valence-electron chi connectivity index (χ4n) is 1.48. The Kier molecular flexibility index (Phi) is 3.31. The summed E-state index contributed by atoms with van der Waals surface area (Å²) in [6.45, 7) is 3.46. The van der Waals surface area contributed by atoms with Crippen LogP contribution in [-0.2, 0) is 9.53 Å². The number of carbonyl (C=O) groups excluding carboxylic acids is 1. The summed E-state index contributed by atoms with van der Waals surface area (Å²) < 4.78 is 5.20. The summed E-state index contributed by atoms with van der Waals surface area (Å²) in [5, 5.41) is 9.14. The first-order chi connectivity index (χ1) is 7.34. The van der Waals surface area contributed by atoms with Crippen LogP contribution in [0.1, 0.15) is 0 Å². The van der Waals surface area contributed by atoms with Crippen LogP contribution in [0, 0.1) is 0 Å². The molecule has 1 aliphatic rings. The molecular weight excluding hydrogens is 196 g/mol. The molecule has 0 aromatic carbocycles. The van der Waals surface area contributed by atoms with E-state index in [2.05, 4.69) is 20.4 Å². The van der Waals surface area contributed by atoms with Crippen LogP contribution < -0.4 is 5.32 Å². The van der Waals surface area contributed by atoms with Crippen molar-refractivity contribution in [2.75, 3.05) is 38.2 Å². The number of morpholine rings is 1. The first kappa shape index (κ1) is 10.1. The Morgan fingerprint density at radius 3 is 3.07 bits per heavy atom. The van der Waals surface area contributed by atoms with Crippen molar-refractivity contribution >= 4 is 11.6 Å². The maximum Gasteiger partial charge on any atom is 0.238 e. The molecule has 0 radical (unpaired) electrons. The van der Waals surface area contributed by atoms with E-state index in [4.69, 9.17) is 4.74 Å². The van der Waals surface area contributed by atoms with E-state index in [1.54, 1.807) is 12.4 Å². The van der Waals surface area contributed by atoms with Gasteiger partial charge in [0.25, 0.3) is 0 Å². The fraction of sp³-hybridized carbons (Fsp3) is 0.556. The number of rotatable bonds is 3. The molecule has 2 N–H and O–H groups in total. The van der Waals surface area contributed by atoms with Crippen molar-refractivity contribution in [3.63, 3.8) is 0 Å². The zero-order valence-corrected chi connectivity index (χ0v) is 8.40. The molecule has 1 saturated heterocycles. The van der Waals surface area contributed by atoms with Crippen molar-refractivity contribution in [3.8, 4) is 0 Å². The van der Waals surface area contributed by atoms with Gasteiger partial charge in [-0.1, -0.05) is 0 Å². The molecule has 0 saturated carbocycles. The van der Waals surface area contributed by atoms with Crippen LogP contribution in [0.5, 0.6) is 0 Å². The normalized spacial score (nSPS) is 17.6. The van der Waals surface area contributed by atoms with E-state index in [9.17, 15) is 4.79 Å². The van der Waals surface area contributed by atoms with Crippen LogP contribution in [0.4, 0.5) is 5.69 Å². The van der Waals surface area contributed by atoms with Crippen molar-refractivity contribution in [3.05, 3.63) is 12.4 Å². The summed E-state index contributed by atoms with van der Waals surface area (Å²) in [4.78, 5) is 13.6. The number of aromatic nitrogens is 2. The number of H-pyrrole nitrogens is 1. The van der Waals surface area contributed by atoms with Gasteiger partial charge in [-0.2, -0.15) is 5.10 Å². The zero-order valence-electron chi connectivity index (χ0n) is 8.40. The van der Waals surface area contributed by atoms with E-state index in [-0.39, 0.29) is 5.91 Å². The molecule has 0 atom stereocenters. The monoisotopic (exact) mass is 210 g/mol. The quantitative estimate of drug-likeness (QED) is 0.717. The number of nitrogens with one attached hydrogen (secondary N) is 2. The van der Waals surface area contributed by atoms with E-state index in [0.29, 0.717) is 25.4 Å². The van der Waals surface area contributed by atoms with Gasteiger partial charge < -0.3 is 10.1 Å². The third kappa shape index (κ3) is 3.03. The van der Waals surface area contributed by atoms with Gasteiger partial charge in [0.1, 0.15) is 0 Å². The number of anilines is 1. The summed E-state index contributed by atoms with van der Waals surface area (Å²) in [6.07, 6.45) is 3.23. The molecule has 0 spiro atoms. The Balaban J connectivity index is 1.76. The number of nitrogens with zero attached hydrogens (tertiary/aromatic N) is 2. The third-order valence-corrected chi connectivity index (χ3v) is 2.25. The number of hydrogen-bond acceptors (Lipinski definition) is 4. The van der Waals surface area contributed by atoms with Gasteiger partial charge in [0.2, 0.25) is 5.91 Å². The molecule has 0 unspecified atom stereocenters. The molecule has 1 aromatic rings. The van der Waals surface area contributed by atoms with Crippen LogP contribution in [0.3, 0.4) is 0 Å². The molecule has 82 valence electrons. The molecule has 15 heavy (non-hydrogen) atoms. The van der Waals surface area contributed by atoms with Crippen molar-refractivity contribution in [1.29, 1.82) is 0 Å². The number of carbonyl (C=O) groups is 1. The minimum absolute atomic E-state index is 0.0155. The summed E-state index contributed by atoms with van der Waals surface area (Å²) in [7, 11) is 0. The maximum absolute atomic E-state index is 11.5. The number of amides is 1. The largest absolute Gasteiger partial charge is 0.379 e. The molecule has 1 amide bonds. The van der Waals surface area contributed by atoms with Crippen LogP contribution in [0.25, 0.3) is 0 Å². The van der Waals surface area contributed by atoms with Gasteiger partial charge in [-0.15, -0.1) is 0 Å². The van der Waals surface area contributed by atoms with Crippen molar-refractivity contribution in [2.45, 2.75) is 0 Å². The van der Waals surface area contributed by atoms with Gasteiger partial charge in [-0.25, -0.2) is 0 Å². The van der Waals surface area contributed by atoms with E-state index in [0.717, 1.165) is 13.1 Å². The maximum atomic E-state index is 11.5. The lowest BCUT2D eigenvalue weighted by molar-refractivity contribution is -0.118. The average Bonchev–Trinajstić information content (AvgIpc) is 2.71. The number of ether oxygens (including phenoxy) is 1. The van der Waals surface area contributed by atoms with E-state index in [1.807, 2.05) is 0 Å². The van der Waals surface area contributed by atoms with Crippen LogP contribution in [-0.4, -0.2) is 53.9 Å². The summed E-state index contributed by atoms with van der Waals surface area (Å²) in [6, 6.07) is 0. The van der Waals surface area contributed by atoms with Crippen molar-refractivity contribution in [2.24, 2.45) is 0 Å². The van der Waals surface area contributed by atoms with Crippen LogP contribution in [0.2, 0.25) is 0 Å². The molecule has 0 aliphatic carbocycles. The van der Waals surface area contributed by atoms with E-state index in [1.165, 1.54) is 0 Å². The van der Waals surface area contributed by atoms with Gasteiger partial charge in [0.05, 0.1) is 31.6 Å². The zero-order chi connectivity index (χ0) is 10.5. The minimum atomic E-state index is -0.0155. The van der Waals surface area contributed by atoms with E-state index < -0.39 is 0 Å². The van der Waals surface area contributed by atoms with Crippen LogP contribution >= 0.6 is 0 Å². The molecule has 2 heterocycles. The van der Waals surface area contributed by atoms with E-state index >= 15 is 0 Å². The fourth-order valence-corrected chi connectivity index (χ4v) is 1.48. The third-order valence-electron chi connectivity index (χ3n) is 2.25. The second-order valence-corrected chi connectivity index (χ2v) is 3.42. The molecule has 6 nitrogen and oxygen atoms in total. The average molecular weight is 210 g/mol. The highest BCUT2D eigenvalue weighted by atomic mass is 16.5. The lowest BCUT2D eigenvalue weighted by atomic mass is 10.4. The van der Waals surface area contributed by atoms with Gasteiger partial charge >= 0.3 is 0 Å². The number of hydrogen-bond donors (Lipinski definition) is 2. The van der Waals surface area contributed by atoms with Gasteiger partial charge in [-0.05, 0) is 0 Å². The Bertz CT molecular complexity index is 306. The molecule has 1 aromatic heterocycles. The highest BCUT2D eigenvalue weighted by Crippen LogP contribution is 2.02. The second-order valence-electron chi connectivity index (χ2n) is 3.42. The Labute approximate surface area is 87.6 Å². The van der Waals surface area contributed by atoms with Gasteiger partial charge in [0.15, 0.2) is 0 Å². The lowest BCUT2D eigenvalue weighted by Crippen LogP contribution is -2.41. The minimum Gasteiger partial charge on any atom is -0.379 e. The first-order valence-electron chi connectivity index (χ1n) is 4.93. The molecule has 2 rings (SSSR count). The Morgan fingerprint density at radius 2 is 2.40 bits per heavy atom.